The first-order valence-electron chi connectivity index (χ1n) is 8.05. The molecule has 0 aliphatic carbocycles. The highest BCUT2D eigenvalue weighted by Crippen LogP contribution is 2.23. The van der Waals surface area contributed by atoms with Crippen LogP contribution >= 0.6 is 0 Å². The van der Waals surface area contributed by atoms with E-state index in [0.717, 1.165) is 5.56 Å². The molecule has 130 valence electrons. The number of aryl methyl sites for hydroxylation is 1. The molecule has 0 spiro atoms. The molecule has 0 radical (unpaired) electrons. The molecule has 1 saturated heterocycles. The highest BCUT2D eigenvalue weighted by molar-refractivity contribution is 5.90. The van der Waals surface area contributed by atoms with Crippen molar-refractivity contribution in [3.05, 3.63) is 58.9 Å². The van der Waals surface area contributed by atoms with Crippen molar-refractivity contribution in [3.63, 3.8) is 0 Å². The molecular formula is C19H19FN2O3. The predicted octanol–water partition coefficient (Wildman–Crippen LogP) is 3.42. The Bertz CT molecular complexity index is 814. The van der Waals surface area contributed by atoms with E-state index in [1.165, 1.54) is 18.2 Å². The lowest BCUT2D eigenvalue weighted by atomic mass is 10.1. The van der Waals surface area contributed by atoms with Gasteiger partial charge in [0.25, 0.3) is 0 Å². The number of halogens is 1. The normalized spacial score (nSPS) is 14.9. The Kier molecular flexibility index (Phi) is 5.09. The number of carbonyl (C=O) groups is 1. The summed E-state index contributed by atoms with van der Waals surface area (Å²) in [6.07, 6.45) is 1.54. The highest BCUT2D eigenvalue weighted by Gasteiger charge is 2.15. The fourth-order valence-electron chi connectivity index (χ4n) is 2.69. The maximum absolute atomic E-state index is 14.4. The van der Waals surface area contributed by atoms with Crippen molar-refractivity contribution in [2.75, 3.05) is 31.2 Å². The van der Waals surface area contributed by atoms with E-state index in [9.17, 15) is 9.18 Å². The Morgan fingerprint density at radius 1 is 1.24 bits per heavy atom. The summed E-state index contributed by atoms with van der Waals surface area (Å²) in [5.74, 6) is -1.31. The Morgan fingerprint density at radius 2 is 2.00 bits per heavy atom. The van der Waals surface area contributed by atoms with Gasteiger partial charge in [-0.1, -0.05) is 12.1 Å². The summed E-state index contributed by atoms with van der Waals surface area (Å²) in [4.78, 5) is 17.3. The van der Waals surface area contributed by atoms with Crippen LogP contribution in [-0.2, 0) is 4.74 Å². The van der Waals surface area contributed by atoms with Crippen LogP contribution in [0, 0.1) is 12.7 Å². The molecule has 5 nitrogen and oxygen atoms in total. The van der Waals surface area contributed by atoms with Crippen molar-refractivity contribution in [1.29, 1.82) is 0 Å². The fourth-order valence-corrected chi connectivity index (χ4v) is 2.69. The van der Waals surface area contributed by atoms with Gasteiger partial charge in [0.15, 0.2) is 0 Å². The molecule has 2 aromatic rings. The van der Waals surface area contributed by atoms with E-state index in [0.29, 0.717) is 43.2 Å². The van der Waals surface area contributed by atoms with Crippen LogP contribution < -0.4 is 4.90 Å². The Labute approximate surface area is 145 Å². The van der Waals surface area contributed by atoms with Gasteiger partial charge in [0.1, 0.15) is 5.82 Å². The number of aliphatic imine (C=N–C) groups is 1. The van der Waals surface area contributed by atoms with Gasteiger partial charge < -0.3 is 14.7 Å². The number of rotatable bonds is 4. The topological polar surface area (TPSA) is 62.1 Å². The molecule has 1 aliphatic heterocycles. The summed E-state index contributed by atoms with van der Waals surface area (Å²) in [7, 11) is 0. The Balaban J connectivity index is 1.81. The number of morpholine rings is 1. The van der Waals surface area contributed by atoms with Gasteiger partial charge in [-0.05, 0) is 42.3 Å². The number of nitrogens with zero attached hydrogens (tertiary/aromatic N) is 2. The number of carboxylic acid groups (broad SMARTS) is 1. The summed E-state index contributed by atoms with van der Waals surface area (Å²) in [5, 5.41) is 9.06. The van der Waals surface area contributed by atoms with Crippen molar-refractivity contribution in [2.24, 2.45) is 4.99 Å². The zero-order valence-electron chi connectivity index (χ0n) is 13.9. The van der Waals surface area contributed by atoms with Crippen molar-refractivity contribution >= 4 is 23.6 Å². The number of benzene rings is 2. The molecule has 2 aromatic carbocycles. The number of carboxylic acids is 1. The zero-order chi connectivity index (χ0) is 17.8. The first-order valence-corrected chi connectivity index (χ1v) is 8.05. The molecule has 0 amide bonds. The Morgan fingerprint density at radius 3 is 2.68 bits per heavy atom. The smallest absolute Gasteiger partial charge is 0.335 e. The minimum atomic E-state index is -1.00. The molecule has 6 heteroatoms. The average molecular weight is 342 g/mol. The lowest BCUT2D eigenvalue weighted by Gasteiger charge is -2.29. The zero-order valence-corrected chi connectivity index (χ0v) is 13.9. The van der Waals surface area contributed by atoms with E-state index < -0.39 is 5.97 Å². The molecule has 3 rings (SSSR count). The van der Waals surface area contributed by atoms with Gasteiger partial charge in [-0.25, -0.2) is 9.18 Å². The van der Waals surface area contributed by atoms with Crippen LogP contribution in [0.25, 0.3) is 0 Å². The Hall–Kier alpha value is -2.73. The van der Waals surface area contributed by atoms with E-state index in [4.69, 9.17) is 9.84 Å². The minimum absolute atomic E-state index is 0.173. The summed E-state index contributed by atoms with van der Waals surface area (Å²) in [5.41, 5.74) is 2.76. The third-order valence-electron chi connectivity index (χ3n) is 4.13. The van der Waals surface area contributed by atoms with Crippen LogP contribution in [0.3, 0.4) is 0 Å². The van der Waals surface area contributed by atoms with Crippen molar-refractivity contribution in [2.45, 2.75) is 6.92 Å². The van der Waals surface area contributed by atoms with Gasteiger partial charge in [-0.2, -0.15) is 0 Å². The van der Waals surface area contributed by atoms with E-state index in [1.807, 2.05) is 11.8 Å². The maximum Gasteiger partial charge on any atom is 0.335 e. The number of ether oxygens (including phenoxy) is 1. The molecule has 0 saturated carbocycles. The van der Waals surface area contributed by atoms with Gasteiger partial charge in [-0.3, -0.25) is 4.99 Å². The summed E-state index contributed by atoms with van der Waals surface area (Å²) < 4.78 is 19.7. The highest BCUT2D eigenvalue weighted by atomic mass is 19.1. The first-order chi connectivity index (χ1) is 12.0. The second kappa shape index (κ2) is 7.44. The summed E-state index contributed by atoms with van der Waals surface area (Å²) >= 11 is 0. The van der Waals surface area contributed by atoms with Crippen LogP contribution in [0.2, 0.25) is 0 Å². The molecule has 0 unspecified atom stereocenters. The second-order valence-electron chi connectivity index (χ2n) is 5.87. The predicted molar refractivity (Wildman–Crippen MR) is 94.8 cm³/mol. The number of hydrogen-bond acceptors (Lipinski definition) is 4. The quantitative estimate of drug-likeness (QED) is 0.865. The molecule has 0 aromatic heterocycles. The maximum atomic E-state index is 14.4. The van der Waals surface area contributed by atoms with Crippen molar-refractivity contribution in [3.8, 4) is 0 Å². The van der Waals surface area contributed by atoms with Crippen LogP contribution in [0.5, 0.6) is 0 Å². The first kappa shape index (κ1) is 17.1. The standard InChI is InChI=1S/C19H19FN2O3/c1-13-2-4-15(19(23)24)11-17(13)21-12-14-3-5-18(16(20)10-14)22-6-8-25-9-7-22/h2-5,10-12H,6-9H2,1H3,(H,23,24). The number of hydrogen-bond donors (Lipinski definition) is 1. The number of anilines is 1. The van der Waals surface area contributed by atoms with Gasteiger partial charge in [0.05, 0.1) is 30.2 Å². The summed E-state index contributed by atoms with van der Waals surface area (Å²) in [6.45, 7) is 4.39. The molecule has 1 heterocycles. The lowest BCUT2D eigenvalue weighted by Crippen LogP contribution is -2.36. The third kappa shape index (κ3) is 4.03. The lowest BCUT2D eigenvalue weighted by molar-refractivity contribution is 0.0697. The fraction of sp³-hybridized carbons (Fsp3) is 0.263. The van der Waals surface area contributed by atoms with E-state index in [1.54, 1.807) is 24.4 Å². The van der Waals surface area contributed by atoms with Gasteiger partial charge in [0.2, 0.25) is 0 Å². The van der Waals surface area contributed by atoms with E-state index in [-0.39, 0.29) is 11.4 Å². The molecule has 1 aliphatic rings. The minimum Gasteiger partial charge on any atom is -0.478 e. The van der Waals surface area contributed by atoms with Crippen LogP contribution in [0.1, 0.15) is 21.5 Å². The van der Waals surface area contributed by atoms with Gasteiger partial charge in [-0.15, -0.1) is 0 Å². The SMILES string of the molecule is Cc1ccc(C(=O)O)cc1N=Cc1ccc(N2CCOCC2)c(F)c1. The van der Waals surface area contributed by atoms with Gasteiger partial charge in [0, 0.05) is 19.3 Å². The average Bonchev–Trinajstić information content (AvgIpc) is 2.61. The molecular weight excluding hydrogens is 323 g/mol. The molecule has 0 bridgehead atoms. The monoisotopic (exact) mass is 342 g/mol. The third-order valence-corrected chi connectivity index (χ3v) is 4.13. The van der Waals surface area contributed by atoms with Crippen molar-refractivity contribution in [1.82, 2.24) is 0 Å². The summed E-state index contributed by atoms with van der Waals surface area (Å²) in [6, 6.07) is 9.72. The van der Waals surface area contributed by atoms with Crippen LogP contribution in [0.15, 0.2) is 41.4 Å². The largest absolute Gasteiger partial charge is 0.478 e. The van der Waals surface area contributed by atoms with Gasteiger partial charge >= 0.3 is 5.97 Å². The van der Waals surface area contributed by atoms with E-state index >= 15 is 0 Å². The molecule has 1 fully saturated rings. The van der Waals surface area contributed by atoms with Crippen LogP contribution in [-0.4, -0.2) is 43.6 Å². The van der Waals surface area contributed by atoms with E-state index in [2.05, 4.69) is 4.99 Å². The molecule has 1 N–H and O–H groups in total. The van der Waals surface area contributed by atoms with Crippen molar-refractivity contribution < 1.29 is 19.0 Å². The molecule has 25 heavy (non-hydrogen) atoms. The number of aromatic carboxylic acids is 1. The molecule has 0 atom stereocenters. The van der Waals surface area contributed by atoms with Crippen LogP contribution in [0.4, 0.5) is 15.8 Å². The second-order valence-corrected chi connectivity index (χ2v) is 5.87.